The van der Waals surface area contributed by atoms with Crippen molar-refractivity contribution < 1.29 is 9.47 Å². The van der Waals surface area contributed by atoms with Gasteiger partial charge in [-0.15, -0.1) is 0 Å². The molecule has 8 atom stereocenters. The van der Waals surface area contributed by atoms with E-state index in [2.05, 4.69) is 0 Å². The van der Waals surface area contributed by atoms with Crippen LogP contribution in [0.25, 0.3) is 0 Å². The van der Waals surface area contributed by atoms with Gasteiger partial charge in [0.2, 0.25) is 0 Å². The predicted octanol–water partition coefficient (Wildman–Crippen LogP) is 0.807. The van der Waals surface area contributed by atoms with Gasteiger partial charge in [-0.05, 0) is 36.5 Å². The van der Waals surface area contributed by atoms with Crippen LogP contribution in [0.4, 0.5) is 0 Å². The Morgan fingerprint density at radius 1 is 0.750 bits per heavy atom. The number of hydrogen-bond acceptors (Lipinski definition) is 2. The van der Waals surface area contributed by atoms with Crippen LogP contribution in [-0.2, 0) is 9.47 Å². The lowest BCUT2D eigenvalue weighted by atomic mass is 9.81. The molecule has 3 saturated carbocycles. The first-order chi connectivity index (χ1) is 5.93. The normalized spacial score (nSPS) is 80.0. The molecular weight excluding hydrogens is 152 g/mol. The zero-order valence-electron chi connectivity index (χ0n) is 6.85. The molecule has 5 fully saturated rings. The Kier molecular flexibility index (Phi) is 0.644. The second-order valence-corrected chi connectivity index (χ2v) is 5.24. The molecule has 64 valence electrons. The zero-order valence-corrected chi connectivity index (χ0v) is 6.85. The summed E-state index contributed by atoms with van der Waals surface area (Å²) in [5, 5.41) is 0. The third kappa shape index (κ3) is 0.409. The highest BCUT2D eigenvalue weighted by Gasteiger charge is 2.74. The van der Waals surface area contributed by atoms with E-state index in [0.717, 1.165) is 23.7 Å². The standard InChI is InChI=1S/C10H12O2/c1-4-3-2-6-10(11-6)7(3)5(1)9-8(4)12-9/h3-10H,1-2H2/t3-,4-,5+,6+,7+,8-,9+,10+/m1/s1. The van der Waals surface area contributed by atoms with Crippen LogP contribution >= 0.6 is 0 Å². The van der Waals surface area contributed by atoms with E-state index >= 15 is 0 Å². The van der Waals surface area contributed by atoms with Gasteiger partial charge in [0.25, 0.3) is 0 Å². The van der Waals surface area contributed by atoms with E-state index in [-0.39, 0.29) is 0 Å². The van der Waals surface area contributed by atoms with Crippen molar-refractivity contribution in [3.63, 3.8) is 0 Å². The predicted molar refractivity (Wildman–Crippen MR) is 40.5 cm³/mol. The molecule has 0 aromatic rings. The molecule has 0 radical (unpaired) electrons. The van der Waals surface area contributed by atoms with Crippen LogP contribution in [0.5, 0.6) is 0 Å². The Morgan fingerprint density at radius 2 is 1.67 bits per heavy atom. The van der Waals surface area contributed by atoms with Gasteiger partial charge in [0.05, 0.1) is 24.4 Å². The molecule has 5 aliphatic rings. The lowest BCUT2D eigenvalue weighted by Crippen LogP contribution is -2.27. The largest absolute Gasteiger partial charge is 0.369 e. The summed E-state index contributed by atoms with van der Waals surface area (Å²) >= 11 is 0. The topological polar surface area (TPSA) is 25.1 Å². The fourth-order valence-corrected chi connectivity index (χ4v) is 4.58. The van der Waals surface area contributed by atoms with Gasteiger partial charge in [-0.1, -0.05) is 0 Å². The Morgan fingerprint density at radius 3 is 2.67 bits per heavy atom. The molecule has 2 nitrogen and oxygen atoms in total. The Balaban J connectivity index is 1.66. The molecular formula is C10H12O2. The van der Waals surface area contributed by atoms with Crippen LogP contribution in [0, 0.1) is 23.7 Å². The van der Waals surface area contributed by atoms with E-state index in [9.17, 15) is 0 Å². The zero-order chi connectivity index (χ0) is 7.45. The van der Waals surface area contributed by atoms with Crippen LogP contribution in [0.1, 0.15) is 12.8 Å². The van der Waals surface area contributed by atoms with Crippen LogP contribution in [-0.4, -0.2) is 24.4 Å². The van der Waals surface area contributed by atoms with E-state index in [1.165, 1.54) is 12.8 Å². The van der Waals surface area contributed by atoms with Crippen molar-refractivity contribution in [1.29, 1.82) is 0 Å². The van der Waals surface area contributed by atoms with Gasteiger partial charge in [0, 0.05) is 0 Å². The van der Waals surface area contributed by atoms with E-state index in [1.54, 1.807) is 0 Å². The van der Waals surface area contributed by atoms with Crippen molar-refractivity contribution in [1.82, 2.24) is 0 Å². The molecule has 0 aromatic heterocycles. The highest BCUT2D eigenvalue weighted by atomic mass is 16.6. The van der Waals surface area contributed by atoms with Crippen LogP contribution in [0.2, 0.25) is 0 Å². The quantitative estimate of drug-likeness (QED) is 0.495. The molecule has 2 heterocycles. The fourth-order valence-electron chi connectivity index (χ4n) is 4.58. The van der Waals surface area contributed by atoms with Crippen LogP contribution < -0.4 is 0 Å². The minimum Gasteiger partial charge on any atom is -0.369 e. The first kappa shape index (κ1) is 5.61. The second-order valence-electron chi connectivity index (χ2n) is 5.24. The number of hydrogen-bond donors (Lipinski definition) is 0. The average molecular weight is 164 g/mol. The maximum Gasteiger partial charge on any atom is 0.0876 e. The van der Waals surface area contributed by atoms with Crippen molar-refractivity contribution in [2.75, 3.05) is 0 Å². The van der Waals surface area contributed by atoms with Crippen molar-refractivity contribution in [3.05, 3.63) is 0 Å². The van der Waals surface area contributed by atoms with Crippen molar-refractivity contribution in [3.8, 4) is 0 Å². The molecule has 12 heavy (non-hydrogen) atoms. The number of fused-ring (bicyclic) bond motifs is 10. The second kappa shape index (κ2) is 1.38. The molecule has 0 unspecified atom stereocenters. The molecule has 0 spiro atoms. The van der Waals surface area contributed by atoms with Crippen molar-refractivity contribution >= 4 is 0 Å². The van der Waals surface area contributed by atoms with Gasteiger partial charge < -0.3 is 9.47 Å². The van der Waals surface area contributed by atoms with Gasteiger partial charge in [-0.25, -0.2) is 0 Å². The summed E-state index contributed by atoms with van der Waals surface area (Å²) < 4.78 is 11.3. The minimum absolute atomic E-state index is 0.676. The van der Waals surface area contributed by atoms with Crippen molar-refractivity contribution in [2.45, 2.75) is 37.3 Å². The van der Waals surface area contributed by atoms with E-state index in [1.807, 2.05) is 0 Å². The minimum atomic E-state index is 0.676. The summed E-state index contributed by atoms with van der Waals surface area (Å²) in [7, 11) is 0. The highest BCUT2D eigenvalue weighted by molar-refractivity contribution is 5.21. The van der Waals surface area contributed by atoms with Gasteiger partial charge in [0.1, 0.15) is 0 Å². The van der Waals surface area contributed by atoms with Gasteiger partial charge in [0.15, 0.2) is 0 Å². The average Bonchev–Trinajstić information content (AvgIpc) is 2.92. The summed E-state index contributed by atoms with van der Waals surface area (Å²) in [5.41, 5.74) is 0. The maximum atomic E-state index is 5.69. The molecule has 2 aliphatic heterocycles. The SMILES string of the molecule is C1[C@@H]2[C@H]3C[C@@H]4O[C@@H]4[C@@H]3[C@H]1[C@@H]1O[C@H]21. The molecule has 2 saturated heterocycles. The van der Waals surface area contributed by atoms with Gasteiger partial charge >= 0.3 is 0 Å². The van der Waals surface area contributed by atoms with Crippen LogP contribution in [0.3, 0.4) is 0 Å². The summed E-state index contributed by atoms with van der Waals surface area (Å²) in [6.45, 7) is 0. The lowest BCUT2D eigenvalue weighted by Gasteiger charge is -2.22. The monoisotopic (exact) mass is 164 g/mol. The van der Waals surface area contributed by atoms with E-state index in [4.69, 9.17) is 9.47 Å². The first-order valence-electron chi connectivity index (χ1n) is 5.24. The molecule has 0 amide bonds. The first-order valence-corrected chi connectivity index (χ1v) is 5.24. The van der Waals surface area contributed by atoms with Crippen LogP contribution in [0.15, 0.2) is 0 Å². The molecule has 2 bridgehead atoms. The third-order valence-corrected chi connectivity index (χ3v) is 4.99. The fraction of sp³-hybridized carbons (Fsp3) is 1.00. The highest BCUT2D eigenvalue weighted by Crippen LogP contribution is 2.69. The maximum absolute atomic E-state index is 5.69. The lowest BCUT2D eigenvalue weighted by molar-refractivity contribution is 0.162. The third-order valence-electron chi connectivity index (χ3n) is 4.99. The Hall–Kier alpha value is -0.0800. The van der Waals surface area contributed by atoms with E-state index in [0.29, 0.717) is 24.4 Å². The molecule has 0 aromatic carbocycles. The smallest absolute Gasteiger partial charge is 0.0876 e. The summed E-state index contributed by atoms with van der Waals surface area (Å²) in [6.07, 6.45) is 5.58. The number of epoxide rings is 2. The van der Waals surface area contributed by atoms with Crippen molar-refractivity contribution in [2.24, 2.45) is 23.7 Å². The summed E-state index contributed by atoms with van der Waals surface area (Å²) in [5.74, 6) is 3.77. The molecule has 2 heteroatoms. The Labute approximate surface area is 71.2 Å². The van der Waals surface area contributed by atoms with Gasteiger partial charge in [-0.3, -0.25) is 0 Å². The molecule has 0 N–H and O–H groups in total. The number of ether oxygens (including phenoxy) is 2. The summed E-state index contributed by atoms with van der Waals surface area (Å²) in [6, 6.07) is 0. The Bertz CT molecular complexity index is 273. The van der Waals surface area contributed by atoms with E-state index < -0.39 is 0 Å². The number of rotatable bonds is 0. The molecule has 3 aliphatic carbocycles. The molecule has 5 rings (SSSR count). The van der Waals surface area contributed by atoms with Gasteiger partial charge in [-0.2, -0.15) is 0 Å². The summed E-state index contributed by atoms with van der Waals surface area (Å²) in [4.78, 5) is 0.